The molecule has 1 aromatic heterocycles. The molecule has 2 amide bonds. The molecule has 1 aliphatic carbocycles. The first-order valence-corrected chi connectivity index (χ1v) is 10.4. The summed E-state index contributed by atoms with van der Waals surface area (Å²) in [5.41, 5.74) is 3.78. The van der Waals surface area contributed by atoms with Crippen molar-refractivity contribution in [3.05, 3.63) is 47.7 Å². The van der Waals surface area contributed by atoms with Gasteiger partial charge in [-0.05, 0) is 50.2 Å². The summed E-state index contributed by atoms with van der Waals surface area (Å²) in [7, 11) is 0. The number of nitrogens with one attached hydrogen (secondary N) is 2. The van der Waals surface area contributed by atoms with E-state index in [0.717, 1.165) is 18.4 Å². The fraction of sp³-hybridized carbons (Fsp3) is 0.478. The van der Waals surface area contributed by atoms with E-state index in [4.69, 9.17) is 0 Å². The number of aromatic amines is 1. The molecule has 0 aliphatic heterocycles. The Balaban J connectivity index is 1.42. The summed E-state index contributed by atoms with van der Waals surface area (Å²) in [6.07, 6.45) is 11.3. The van der Waals surface area contributed by atoms with Crippen molar-refractivity contribution < 1.29 is 9.59 Å². The normalized spacial score (nSPS) is 14.0. The molecule has 0 saturated heterocycles. The minimum atomic E-state index is 0.0139. The molecular formula is C23H31N3O2. The maximum Gasteiger partial charge on any atom is 0.221 e. The van der Waals surface area contributed by atoms with Crippen LogP contribution >= 0.6 is 0 Å². The zero-order valence-electron chi connectivity index (χ0n) is 16.8. The number of carbonyl (C=O) groups is 2. The Morgan fingerprint density at radius 1 is 1.14 bits per heavy atom. The van der Waals surface area contributed by atoms with E-state index in [0.29, 0.717) is 26.1 Å². The van der Waals surface area contributed by atoms with E-state index >= 15 is 0 Å². The number of H-pyrrole nitrogens is 1. The van der Waals surface area contributed by atoms with Crippen molar-refractivity contribution in [3.8, 4) is 0 Å². The second-order valence-electron chi connectivity index (χ2n) is 7.57. The Morgan fingerprint density at radius 3 is 2.79 bits per heavy atom. The Hall–Kier alpha value is -2.56. The lowest BCUT2D eigenvalue weighted by Crippen LogP contribution is -2.35. The summed E-state index contributed by atoms with van der Waals surface area (Å²) in [5.74, 6) is 0.0368. The Bertz CT molecular complexity index is 837. The second-order valence-corrected chi connectivity index (χ2v) is 7.57. The third-order valence-electron chi connectivity index (χ3n) is 5.53. The lowest BCUT2D eigenvalue weighted by atomic mass is 9.97. The highest BCUT2D eigenvalue weighted by molar-refractivity contribution is 5.83. The molecule has 5 nitrogen and oxygen atoms in total. The Morgan fingerprint density at radius 2 is 2.00 bits per heavy atom. The van der Waals surface area contributed by atoms with Crippen molar-refractivity contribution in [3.63, 3.8) is 0 Å². The molecule has 1 heterocycles. The maximum atomic E-state index is 12.1. The van der Waals surface area contributed by atoms with Crippen LogP contribution in [0.5, 0.6) is 0 Å². The van der Waals surface area contributed by atoms with Crippen LogP contribution in [0.25, 0.3) is 10.9 Å². The summed E-state index contributed by atoms with van der Waals surface area (Å²) in [6.45, 7) is 3.35. The fourth-order valence-electron chi connectivity index (χ4n) is 3.84. The lowest BCUT2D eigenvalue weighted by molar-refractivity contribution is -0.129. The molecule has 2 aromatic rings. The number of para-hydroxylation sites is 1. The molecular weight excluding hydrogens is 350 g/mol. The minimum absolute atomic E-state index is 0.0139. The molecule has 2 N–H and O–H groups in total. The van der Waals surface area contributed by atoms with Crippen LogP contribution in [-0.2, 0) is 16.0 Å². The van der Waals surface area contributed by atoms with Gasteiger partial charge in [0.05, 0.1) is 0 Å². The number of fused-ring (bicyclic) bond motifs is 1. The van der Waals surface area contributed by atoms with Crippen molar-refractivity contribution in [2.24, 2.45) is 0 Å². The van der Waals surface area contributed by atoms with Crippen molar-refractivity contribution in [2.75, 3.05) is 19.6 Å². The van der Waals surface area contributed by atoms with Crippen LogP contribution in [-0.4, -0.2) is 41.3 Å². The molecule has 1 aromatic carbocycles. The van der Waals surface area contributed by atoms with Crippen LogP contribution in [0.15, 0.2) is 42.1 Å². The lowest BCUT2D eigenvalue weighted by Gasteiger charge is -2.21. The van der Waals surface area contributed by atoms with Crippen LogP contribution in [0, 0.1) is 0 Å². The summed E-state index contributed by atoms with van der Waals surface area (Å²) in [6, 6.07) is 8.17. The van der Waals surface area contributed by atoms with E-state index in [1.54, 1.807) is 11.8 Å². The van der Waals surface area contributed by atoms with Gasteiger partial charge in [-0.1, -0.05) is 29.8 Å². The van der Waals surface area contributed by atoms with Gasteiger partial charge >= 0.3 is 0 Å². The van der Waals surface area contributed by atoms with E-state index in [9.17, 15) is 9.59 Å². The Kier molecular flexibility index (Phi) is 7.29. The van der Waals surface area contributed by atoms with Gasteiger partial charge in [0.25, 0.3) is 0 Å². The average Bonchev–Trinajstić information content (AvgIpc) is 3.12. The van der Waals surface area contributed by atoms with Gasteiger partial charge in [0.1, 0.15) is 0 Å². The number of allylic oxidation sites excluding steroid dienone is 1. The zero-order chi connectivity index (χ0) is 19.8. The van der Waals surface area contributed by atoms with Crippen molar-refractivity contribution in [1.29, 1.82) is 0 Å². The van der Waals surface area contributed by atoms with E-state index in [-0.39, 0.29) is 11.8 Å². The molecule has 0 radical (unpaired) electrons. The highest BCUT2D eigenvalue weighted by Crippen LogP contribution is 2.20. The maximum absolute atomic E-state index is 12.1. The minimum Gasteiger partial charge on any atom is -0.361 e. The van der Waals surface area contributed by atoms with Gasteiger partial charge in [0, 0.05) is 50.1 Å². The third-order valence-corrected chi connectivity index (χ3v) is 5.53. The number of hydrogen-bond acceptors (Lipinski definition) is 2. The van der Waals surface area contributed by atoms with E-state index in [1.807, 2.05) is 18.3 Å². The van der Waals surface area contributed by atoms with Crippen molar-refractivity contribution in [2.45, 2.75) is 51.9 Å². The van der Waals surface area contributed by atoms with Gasteiger partial charge in [-0.3, -0.25) is 9.59 Å². The molecule has 150 valence electrons. The molecule has 28 heavy (non-hydrogen) atoms. The second kappa shape index (κ2) is 10.1. The average molecular weight is 382 g/mol. The molecule has 3 rings (SSSR count). The largest absolute Gasteiger partial charge is 0.361 e. The summed E-state index contributed by atoms with van der Waals surface area (Å²) in [5, 5.41) is 4.19. The van der Waals surface area contributed by atoms with Crippen LogP contribution in [0.4, 0.5) is 0 Å². The van der Waals surface area contributed by atoms with Crippen molar-refractivity contribution >= 4 is 22.7 Å². The first-order valence-electron chi connectivity index (χ1n) is 10.4. The van der Waals surface area contributed by atoms with Gasteiger partial charge < -0.3 is 15.2 Å². The smallest absolute Gasteiger partial charge is 0.221 e. The molecule has 0 unspecified atom stereocenters. The third kappa shape index (κ3) is 5.72. The zero-order valence-corrected chi connectivity index (χ0v) is 16.8. The van der Waals surface area contributed by atoms with E-state index in [1.165, 1.54) is 42.2 Å². The highest BCUT2D eigenvalue weighted by atomic mass is 16.2. The van der Waals surface area contributed by atoms with Gasteiger partial charge in [0.15, 0.2) is 0 Å². The van der Waals surface area contributed by atoms with Crippen LogP contribution in [0.3, 0.4) is 0 Å². The summed E-state index contributed by atoms with van der Waals surface area (Å²) >= 11 is 0. The first-order chi connectivity index (χ1) is 13.6. The number of aromatic nitrogens is 1. The molecule has 0 bridgehead atoms. The summed E-state index contributed by atoms with van der Waals surface area (Å²) in [4.78, 5) is 29.2. The number of rotatable bonds is 9. The number of nitrogens with zero attached hydrogens (tertiary/aromatic N) is 1. The molecule has 0 atom stereocenters. The standard InChI is InChI=1S/C23H31N3O2/c1-18(27)26(15-12-20-17-25-22-10-6-5-9-21(20)22)16-13-23(28)24-14-11-19-7-3-2-4-8-19/h5-7,9-10,17,25H,2-4,8,11-16H2,1H3,(H,24,28). The van der Waals surface area contributed by atoms with Crippen LogP contribution in [0.2, 0.25) is 0 Å². The fourth-order valence-corrected chi connectivity index (χ4v) is 3.84. The quantitative estimate of drug-likeness (QED) is 0.646. The monoisotopic (exact) mass is 381 g/mol. The summed E-state index contributed by atoms with van der Waals surface area (Å²) < 4.78 is 0. The molecule has 0 fully saturated rings. The SMILES string of the molecule is CC(=O)N(CCC(=O)NCCC1=CCCCC1)CCc1c[nH]c2ccccc12. The van der Waals surface area contributed by atoms with Gasteiger partial charge in [-0.2, -0.15) is 0 Å². The topological polar surface area (TPSA) is 65.2 Å². The van der Waals surface area contributed by atoms with Crippen LogP contribution < -0.4 is 5.32 Å². The predicted octanol–water partition coefficient (Wildman–Crippen LogP) is 3.96. The number of carbonyl (C=O) groups excluding carboxylic acids is 2. The number of amides is 2. The molecule has 5 heteroatoms. The number of hydrogen-bond donors (Lipinski definition) is 2. The van der Waals surface area contributed by atoms with Gasteiger partial charge in [-0.15, -0.1) is 0 Å². The van der Waals surface area contributed by atoms with Gasteiger partial charge in [-0.25, -0.2) is 0 Å². The van der Waals surface area contributed by atoms with Crippen LogP contribution in [0.1, 0.15) is 51.0 Å². The van der Waals surface area contributed by atoms with Crippen molar-refractivity contribution in [1.82, 2.24) is 15.2 Å². The van der Waals surface area contributed by atoms with E-state index < -0.39 is 0 Å². The molecule has 1 aliphatic rings. The predicted molar refractivity (Wildman–Crippen MR) is 113 cm³/mol. The van der Waals surface area contributed by atoms with Gasteiger partial charge in [0.2, 0.25) is 11.8 Å². The molecule has 0 spiro atoms. The highest BCUT2D eigenvalue weighted by Gasteiger charge is 2.13. The molecule has 0 saturated carbocycles. The number of benzene rings is 1. The van der Waals surface area contributed by atoms with E-state index in [2.05, 4.69) is 28.5 Å². The first kappa shape index (κ1) is 20.2. The Labute approximate surface area is 167 Å².